The lowest BCUT2D eigenvalue weighted by atomic mass is 10.1. The molecular weight excluding hydrogens is 240 g/mol. The second-order valence-electron chi connectivity index (χ2n) is 4.56. The number of fused-ring (bicyclic) bond motifs is 1. The first-order valence-electron chi connectivity index (χ1n) is 6.21. The van der Waals surface area contributed by atoms with Crippen molar-refractivity contribution in [3.63, 3.8) is 0 Å². The molecule has 0 aliphatic heterocycles. The third-order valence-electron chi connectivity index (χ3n) is 3.13. The summed E-state index contributed by atoms with van der Waals surface area (Å²) >= 11 is 0. The van der Waals surface area contributed by atoms with Crippen molar-refractivity contribution in [2.75, 3.05) is 5.43 Å². The van der Waals surface area contributed by atoms with Crippen molar-refractivity contribution in [2.45, 2.75) is 19.8 Å². The Labute approximate surface area is 110 Å². The smallest absolute Gasteiger partial charge is 0.252 e. The molecular formula is C14H14N4O. The summed E-state index contributed by atoms with van der Waals surface area (Å²) in [6.45, 7) is 1.78. The molecule has 0 fully saturated rings. The Bertz CT molecular complexity index is 703. The molecule has 5 nitrogen and oxygen atoms in total. The number of nitrogens with zero attached hydrogens (tertiary/aromatic N) is 2. The summed E-state index contributed by atoms with van der Waals surface area (Å²) in [5.74, 6) is 0.377. The summed E-state index contributed by atoms with van der Waals surface area (Å²) in [6.07, 6.45) is 1.91. The average molecular weight is 254 g/mol. The van der Waals surface area contributed by atoms with Gasteiger partial charge < -0.3 is 0 Å². The van der Waals surface area contributed by atoms with Crippen LogP contribution in [0.3, 0.4) is 0 Å². The third-order valence-corrected chi connectivity index (χ3v) is 3.13. The lowest BCUT2D eigenvalue weighted by Crippen LogP contribution is -2.11. The molecule has 5 heteroatoms. The van der Waals surface area contributed by atoms with Gasteiger partial charge in [-0.25, -0.2) is 10.4 Å². The van der Waals surface area contributed by atoms with Gasteiger partial charge in [-0.2, -0.15) is 5.10 Å². The molecule has 1 aromatic heterocycles. The maximum Gasteiger partial charge on any atom is 0.252 e. The third kappa shape index (κ3) is 2.40. The molecule has 0 saturated carbocycles. The molecule has 0 radical (unpaired) electrons. The number of nitrogens with one attached hydrogen (secondary N) is 2. The highest BCUT2D eigenvalue weighted by atomic mass is 16.1. The molecule has 19 heavy (non-hydrogen) atoms. The first kappa shape index (κ1) is 11.6. The zero-order valence-corrected chi connectivity index (χ0v) is 10.6. The van der Waals surface area contributed by atoms with Gasteiger partial charge in [0, 0.05) is 17.3 Å². The summed E-state index contributed by atoms with van der Waals surface area (Å²) < 4.78 is 0. The summed E-state index contributed by atoms with van der Waals surface area (Å²) in [5.41, 5.74) is 6.80. The highest BCUT2D eigenvalue weighted by Crippen LogP contribution is 2.21. The van der Waals surface area contributed by atoms with Crippen LogP contribution in [0.1, 0.15) is 23.2 Å². The number of hydrogen-bond donors (Lipinski definition) is 2. The Kier molecular flexibility index (Phi) is 2.87. The minimum atomic E-state index is -0.179. The van der Waals surface area contributed by atoms with Crippen molar-refractivity contribution in [1.29, 1.82) is 0 Å². The second kappa shape index (κ2) is 4.68. The van der Waals surface area contributed by atoms with E-state index in [-0.39, 0.29) is 5.56 Å². The van der Waals surface area contributed by atoms with Gasteiger partial charge in [0.05, 0.1) is 5.71 Å². The van der Waals surface area contributed by atoms with Gasteiger partial charge in [-0.15, -0.1) is 0 Å². The van der Waals surface area contributed by atoms with Crippen LogP contribution < -0.4 is 11.0 Å². The van der Waals surface area contributed by atoms with E-state index in [9.17, 15) is 4.79 Å². The minimum absolute atomic E-state index is 0.179. The van der Waals surface area contributed by atoms with E-state index in [1.54, 1.807) is 6.92 Å². The number of rotatable bonds is 2. The number of aryl methyl sites for hydroxylation is 2. The van der Waals surface area contributed by atoms with Crippen LogP contribution in [-0.2, 0) is 6.42 Å². The number of hydrazone groups is 1. The van der Waals surface area contributed by atoms with E-state index in [1.807, 2.05) is 12.1 Å². The van der Waals surface area contributed by atoms with Crippen molar-refractivity contribution in [2.24, 2.45) is 5.10 Å². The van der Waals surface area contributed by atoms with E-state index >= 15 is 0 Å². The summed E-state index contributed by atoms with van der Waals surface area (Å²) in [5, 5.41) is 4.35. The predicted molar refractivity (Wildman–Crippen MR) is 74.5 cm³/mol. The van der Waals surface area contributed by atoms with Gasteiger partial charge in [0.25, 0.3) is 5.56 Å². The fraction of sp³-hybridized carbons (Fsp3) is 0.214. The molecule has 0 amide bonds. The van der Waals surface area contributed by atoms with Gasteiger partial charge in [-0.3, -0.25) is 9.78 Å². The molecule has 0 spiro atoms. The number of aromatic nitrogens is 2. The Morgan fingerprint density at radius 1 is 1.32 bits per heavy atom. The highest BCUT2D eigenvalue weighted by Gasteiger charge is 2.16. The van der Waals surface area contributed by atoms with Crippen molar-refractivity contribution >= 4 is 11.7 Å². The van der Waals surface area contributed by atoms with Crippen molar-refractivity contribution in [3.05, 3.63) is 57.5 Å². The Balaban J connectivity index is 1.86. The van der Waals surface area contributed by atoms with Gasteiger partial charge in [0.15, 0.2) is 0 Å². The summed E-state index contributed by atoms with van der Waals surface area (Å²) in [4.78, 5) is 18.1. The molecule has 1 aromatic carbocycles. The predicted octanol–water partition coefficient (Wildman–Crippen LogP) is 1.84. The van der Waals surface area contributed by atoms with Crippen LogP contribution in [0.2, 0.25) is 0 Å². The van der Waals surface area contributed by atoms with Crippen molar-refractivity contribution < 1.29 is 0 Å². The molecule has 0 unspecified atom stereocenters. The number of benzene rings is 1. The van der Waals surface area contributed by atoms with Crippen LogP contribution in [0.25, 0.3) is 0 Å². The quantitative estimate of drug-likeness (QED) is 0.803. The second-order valence-corrected chi connectivity index (χ2v) is 4.56. The minimum Gasteiger partial charge on any atom is -0.291 e. The van der Waals surface area contributed by atoms with Gasteiger partial charge in [0.1, 0.15) is 0 Å². The zero-order chi connectivity index (χ0) is 13.2. The largest absolute Gasteiger partial charge is 0.291 e. The fourth-order valence-electron chi connectivity index (χ4n) is 2.28. The normalized spacial score (nSPS) is 15.5. The van der Waals surface area contributed by atoms with E-state index in [0.717, 1.165) is 18.6 Å². The van der Waals surface area contributed by atoms with Gasteiger partial charge in [-0.1, -0.05) is 24.3 Å². The monoisotopic (exact) mass is 254 g/mol. The number of aromatic amines is 1. The SMILES string of the molecule is Cc1cc(=O)[nH]c(N/N=C2/CCc3ccccc32)n1. The average Bonchev–Trinajstić information content (AvgIpc) is 2.78. The van der Waals surface area contributed by atoms with E-state index < -0.39 is 0 Å². The van der Waals surface area contributed by atoms with Crippen LogP contribution in [0.5, 0.6) is 0 Å². The molecule has 1 heterocycles. The summed E-state index contributed by atoms with van der Waals surface area (Å²) in [7, 11) is 0. The molecule has 3 rings (SSSR count). The topological polar surface area (TPSA) is 70.1 Å². The van der Waals surface area contributed by atoms with Crippen molar-refractivity contribution in [3.8, 4) is 0 Å². The van der Waals surface area contributed by atoms with E-state index in [0.29, 0.717) is 11.6 Å². The van der Waals surface area contributed by atoms with E-state index in [1.165, 1.54) is 17.2 Å². The van der Waals surface area contributed by atoms with Gasteiger partial charge in [0.2, 0.25) is 5.95 Å². The van der Waals surface area contributed by atoms with Crippen LogP contribution in [0, 0.1) is 6.92 Å². The lowest BCUT2D eigenvalue weighted by Gasteiger charge is -2.02. The standard InChI is InChI=1S/C14H14N4O/c1-9-8-13(19)16-14(15-9)18-17-12-7-6-10-4-2-3-5-11(10)12/h2-5,8H,6-7H2,1H3,(H2,15,16,18,19)/b17-12-. The maximum absolute atomic E-state index is 11.3. The first-order valence-corrected chi connectivity index (χ1v) is 6.21. The van der Waals surface area contributed by atoms with Gasteiger partial charge in [-0.05, 0) is 25.3 Å². The molecule has 1 aliphatic rings. The van der Waals surface area contributed by atoms with E-state index in [4.69, 9.17) is 0 Å². The maximum atomic E-state index is 11.3. The lowest BCUT2D eigenvalue weighted by molar-refractivity contribution is 1.03. The molecule has 96 valence electrons. The molecule has 2 aromatic rings. The molecule has 2 N–H and O–H groups in total. The Morgan fingerprint density at radius 3 is 3.00 bits per heavy atom. The molecule has 0 saturated heterocycles. The first-order chi connectivity index (χ1) is 9.22. The molecule has 0 atom stereocenters. The molecule has 1 aliphatic carbocycles. The van der Waals surface area contributed by atoms with Crippen molar-refractivity contribution in [1.82, 2.24) is 9.97 Å². The van der Waals surface area contributed by atoms with Gasteiger partial charge >= 0.3 is 0 Å². The number of hydrogen-bond acceptors (Lipinski definition) is 4. The summed E-state index contributed by atoms with van der Waals surface area (Å²) in [6, 6.07) is 9.67. The zero-order valence-electron chi connectivity index (χ0n) is 10.6. The number of anilines is 1. The molecule has 0 bridgehead atoms. The van der Waals surface area contributed by atoms with E-state index in [2.05, 4.69) is 32.6 Å². The fourth-order valence-corrected chi connectivity index (χ4v) is 2.28. The Hall–Kier alpha value is -2.43. The van der Waals surface area contributed by atoms with Crippen LogP contribution >= 0.6 is 0 Å². The van der Waals surface area contributed by atoms with Crippen LogP contribution in [0.15, 0.2) is 40.2 Å². The van der Waals surface area contributed by atoms with Crippen LogP contribution in [0.4, 0.5) is 5.95 Å². The Morgan fingerprint density at radius 2 is 2.16 bits per heavy atom. The van der Waals surface area contributed by atoms with Crippen LogP contribution in [-0.4, -0.2) is 15.7 Å². The highest BCUT2D eigenvalue weighted by molar-refractivity contribution is 6.04. The number of H-pyrrole nitrogens is 1.